The first kappa shape index (κ1) is 20.4. The van der Waals surface area contributed by atoms with Crippen LogP contribution in [0.3, 0.4) is 0 Å². The lowest BCUT2D eigenvalue weighted by atomic mass is 10.1. The lowest BCUT2D eigenvalue weighted by Gasteiger charge is -2.27. The number of aromatic nitrogens is 4. The summed E-state index contributed by atoms with van der Waals surface area (Å²) in [5.74, 6) is 0.286. The van der Waals surface area contributed by atoms with E-state index in [4.69, 9.17) is 0 Å². The fourth-order valence-electron chi connectivity index (χ4n) is 4.14. The monoisotopic (exact) mass is 439 g/mol. The second kappa shape index (κ2) is 7.59. The number of imidazole rings is 1. The highest BCUT2D eigenvalue weighted by molar-refractivity contribution is 5.56. The molecule has 1 N–H and O–H groups in total. The first-order valence-electron chi connectivity index (χ1n) is 10.2. The number of aromatic amines is 1. The van der Waals surface area contributed by atoms with Crippen LogP contribution >= 0.6 is 0 Å². The van der Waals surface area contributed by atoms with Crippen LogP contribution in [0.25, 0.3) is 17.0 Å². The second-order valence-corrected chi connectivity index (χ2v) is 7.95. The van der Waals surface area contributed by atoms with Crippen molar-refractivity contribution in [3.63, 3.8) is 0 Å². The van der Waals surface area contributed by atoms with Crippen molar-refractivity contribution in [2.75, 3.05) is 6.54 Å². The molecule has 0 unspecified atom stereocenters. The highest BCUT2D eigenvalue weighted by Gasteiger charge is 2.30. The third-order valence-electron chi connectivity index (χ3n) is 5.84. The molecule has 0 saturated carbocycles. The summed E-state index contributed by atoms with van der Waals surface area (Å²) >= 11 is 0. The standard InChI is InChI=1S/C23H20F3N5O/c1-14-19(31-10-3-2-4-20(31)27-14)13-30-11-9-18-17(12-30)22(32)29-21(28-18)15-5-7-16(8-6-15)23(24,25)26/h2-8,10H,9,11-13H2,1H3,(H,28,29,32). The Hall–Kier alpha value is -3.46. The van der Waals surface area contributed by atoms with Crippen LogP contribution in [0.15, 0.2) is 53.5 Å². The summed E-state index contributed by atoms with van der Waals surface area (Å²) in [7, 11) is 0. The summed E-state index contributed by atoms with van der Waals surface area (Å²) < 4.78 is 40.5. The number of nitrogens with zero attached hydrogens (tertiary/aromatic N) is 4. The average molecular weight is 439 g/mol. The Morgan fingerprint density at radius 2 is 1.88 bits per heavy atom. The molecule has 0 radical (unpaired) electrons. The first-order chi connectivity index (χ1) is 15.3. The number of alkyl halides is 3. The normalized spacial score (nSPS) is 14.6. The number of nitrogens with one attached hydrogen (secondary N) is 1. The Morgan fingerprint density at radius 3 is 2.62 bits per heavy atom. The van der Waals surface area contributed by atoms with Gasteiger partial charge in [-0.3, -0.25) is 9.69 Å². The van der Waals surface area contributed by atoms with E-state index in [1.165, 1.54) is 12.1 Å². The Morgan fingerprint density at radius 1 is 1.09 bits per heavy atom. The van der Waals surface area contributed by atoms with Gasteiger partial charge in [-0.05, 0) is 31.2 Å². The van der Waals surface area contributed by atoms with Crippen molar-refractivity contribution in [3.05, 3.63) is 87.2 Å². The maximum Gasteiger partial charge on any atom is 0.416 e. The molecule has 4 heterocycles. The molecular weight excluding hydrogens is 419 g/mol. The molecule has 0 bridgehead atoms. The number of H-pyrrole nitrogens is 1. The highest BCUT2D eigenvalue weighted by atomic mass is 19.4. The minimum absolute atomic E-state index is 0.260. The molecule has 32 heavy (non-hydrogen) atoms. The minimum atomic E-state index is -4.40. The van der Waals surface area contributed by atoms with Gasteiger partial charge < -0.3 is 9.38 Å². The Kier molecular flexibility index (Phi) is 4.85. The number of hydrogen-bond acceptors (Lipinski definition) is 4. The van der Waals surface area contributed by atoms with Crippen LogP contribution in [0.1, 0.15) is 28.2 Å². The molecular formula is C23H20F3N5O. The second-order valence-electron chi connectivity index (χ2n) is 7.95. The van der Waals surface area contributed by atoms with Crippen molar-refractivity contribution in [2.45, 2.75) is 32.6 Å². The molecule has 0 aliphatic carbocycles. The van der Waals surface area contributed by atoms with E-state index in [1.807, 2.05) is 31.3 Å². The maximum absolute atomic E-state index is 12.8. The molecule has 4 aromatic rings. The van der Waals surface area contributed by atoms with E-state index >= 15 is 0 Å². The third-order valence-corrected chi connectivity index (χ3v) is 5.84. The van der Waals surface area contributed by atoms with E-state index in [0.29, 0.717) is 36.3 Å². The number of hydrogen-bond donors (Lipinski definition) is 1. The van der Waals surface area contributed by atoms with Crippen LogP contribution in [0, 0.1) is 6.92 Å². The molecule has 1 aromatic carbocycles. The summed E-state index contributed by atoms with van der Waals surface area (Å²) in [6.07, 6.45) is -1.84. The summed E-state index contributed by atoms with van der Waals surface area (Å²) in [5, 5.41) is 0. The average Bonchev–Trinajstić information content (AvgIpc) is 3.08. The largest absolute Gasteiger partial charge is 0.416 e. The third kappa shape index (κ3) is 3.69. The van der Waals surface area contributed by atoms with Gasteiger partial charge in [0.2, 0.25) is 0 Å². The van der Waals surface area contributed by atoms with Crippen LogP contribution in [0.2, 0.25) is 0 Å². The molecule has 9 heteroatoms. The van der Waals surface area contributed by atoms with Crippen molar-refractivity contribution in [2.24, 2.45) is 0 Å². The fourth-order valence-corrected chi connectivity index (χ4v) is 4.14. The SMILES string of the molecule is Cc1nc2ccccn2c1CN1CCc2nc(-c3ccc(C(F)(F)F)cc3)[nH]c(=O)c2C1. The molecule has 0 fully saturated rings. The molecule has 0 atom stereocenters. The summed E-state index contributed by atoms with van der Waals surface area (Å²) in [5.41, 5.74) is 3.65. The Bertz CT molecular complexity index is 1360. The van der Waals surface area contributed by atoms with Gasteiger partial charge in [-0.25, -0.2) is 9.97 Å². The van der Waals surface area contributed by atoms with Gasteiger partial charge in [0.1, 0.15) is 11.5 Å². The van der Waals surface area contributed by atoms with Gasteiger partial charge in [-0.2, -0.15) is 13.2 Å². The molecule has 164 valence electrons. The molecule has 1 aliphatic rings. The predicted octanol–water partition coefficient (Wildman–Crippen LogP) is 3.97. The van der Waals surface area contributed by atoms with Crippen molar-refractivity contribution in [3.8, 4) is 11.4 Å². The number of rotatable bonds is 3. The molecule has 1 aliphatic heterocycles. The number of fused-ring (bicyclic) bond motifs is 2. The van der Waals surface area contributed by atoms with Gasteiger partial charge in [-0.15, -0.1) is 0 Å². The molecule has 6 nitrogen and oxygen atoms in total. The lowest BCUT2D eigenvalue weighted by molar-refractivity contribution is -0.137. The Balaban J connectivity index is 1.40. The van der Waals surface area contributed by atoms with Crippen LogP contribution < -0.4 is 5.56 Å². The first-order valence-corrected chi connectivity index (χ1v) is 10.2. The van der Waals surface area contributed by atoms with Crippen molar-refractivity contribution in [1.29, 1.82) is 0 Å². The summed E-state index contributed by atoms with van der Waals surface area (Å²) in [6.45, 7) is 3.79. The Labute approximate surface area is 181 Å². The molecule has 3 aromatic heterocycles. The number of aryl methyl sites for hydroxylation is 1. The van der Waals surface area contributed by atoms with E-state index in [0.717, 1.165) is 35.7 Å². The maximum atomic E-state index is 12.8. The summed E-state index contributed by atoms with van der Waals surface area (Å²) in [4.78, 5) is 26.9. The summed E-state index contributed by atoms with van der Waals surface area (Å²) in [6, 6.07) is 10.5. The van der Waals surface area contributed by atoms with Crippen LogP contribution in [0.5, 0.6) is 0 Å². The van der Waals surface area contributed by atoms with E-state index in [9.17, 15) is 18.0 Å². The van der Waals surface area contributed by atoms with Gasteiger partial charge in [0, 0.05) is 37.8 Å². The topological polar surface area (TPSA) is 66.3 Å². The van der Waals surface area contributed by atoms with Gasteiger partial charge in [0.05, 0.1) is 28.2 Å². The molecule has 5 rings (SSSR count). The van der Waals surface area contributed by atoms with Crippen LogP contribution in [-0.4, -0.2) is 30.8 Å². The number of benzene rings is 1. The van der Waals surface area contributed by atoms with Crippen LogP contribution in [-0.2, 0) is 25.7 Å². The van der Waals surface area contributed by atoms with Crippen molar-refractivity contribution >= 4 is 5.65 Å². The van der Waals surface area contributed by atoms with E-state index in [-0.39, 0.29) is 11.4 Å². The van der Waals surface area contributed by atoms with Crippen molar-refractivity contribution < 1.29 is 13.2 Å². The lowest BCUT2D eigenvalue weighted by Crippen LogP contribution is -2.35. The molecule has 0 saturated heterocycles. The zero-order chi connectivity index (χ0) is 22.5. The molecule has 0 amide bonds. The molecule has 0 spiro atoms. The zero-order valence-electron chi connectivity index (χ0n) is 17.3. The van der Waals surface area contributed by atoms with E-state index in [2.05, 4.69) is 24.3 Å². The van der Waals surface area contributed by atoms with Crippen LogP contribution in [0.4, 0.5) is 13.2 Å². The van der Waals surface area contributed by atoms with Crippen molar-refractivity contribution in [1.82, 2.24) is 24.3 Å². The zero-order valence-corrected chi connectivity index (χ0v) is 17.3. The predicted molar refractivity (Wildman–Crippen MR) is 113 cm³/mol. The van der Waals surface area contributed by atoms with Gasteiger partial charge in [0.15, 0.2) is 0 Å². The van der Waals surface area contributed by atoms with E-state index in [1.54, 1.807) is 0 Å². The minimum Gasteiger partial charge on any atom is -0.306 e. The van der Waals surface area contributed by atoms with Gasteiger partial charge in [-0.1, -0.05) is 18.2 Å². The number of pyridine rings is 1. The quantitative estimate of drug-likeness (QED) is 0.525. The smallest absolute Gasteiger partial charge is 0.306 e. The highest BCUT2D eigenvalue weighted by Crippen LogP contribution is 2.30. The van der Waals surface area contributed by atoms with Gasteiger partial charge >= 0.3 is 6.18 Å². The fraction of sp³-hybridized carbons (Fsp3) is 0.261. The van der Waals surface area contributed by atoms with Gasteiger partial charge in [0.25, 0.3) is 5.56 Å². The van der Waals surface area contributed by atoms with E-state index < -0.39 is 11.7 Å². The number of halogens is 3.